The Morgan fingerprint density at radius 3 is 2.27 bits per heavy atom. The summed E-state index contributed by atoms with van der Waals surface area (Å²) >= 11 is 0. The molecule has 1 unspecified atom stereocenters. The van der Waals surface area contributed by atoms with Crippen LogP contribution in [0.2, 0.25) is 0 Å². The molecule has 0 aliphatic heterocycles. The number of ether oxygens (including phenoxy) is 1. The van der Waals surface area contributed by atoms with Crippen molar-refractivity contribution in [3.05, 3.63) is 78.3 Å². The largest absolute Gasteiger partial charge is 0.484 e. The fraction of sp³-hybridized carbons (Fsp3) is 0.292. The van der Waals surface area contributed by atoms with Crippen LogP contribution in [0.25, 0.3) is 0 Å². The summed E-state index contributed by atoms with van der Waals surface area (Å²) in [6, 6.07) is 16.8. The van der Waals surface area contributed by atoms with Crippen LogP contribution in [-0.2, 0) is 14.8 Å². The first-order chi connectivity index (χ1) is 15.7. The number of amides is 1. The molecule has 0 radical (unpaired) electrons. The van der Waals surface area contributed by atoms with E-state index in [4.69, 9.17) is 9.15 Å². The van der Waals surface area contributed by atoms with Gasteiger partial charge < -0.3 is 14.5 Å². The number of carbonyl (C=O) groups excluding carboxylic acids is 1. The van der Waals surface area contributed by atoms with Crippen molar-refractivity contribution in [2.75, 3.05) is 38.6 Å². The summed E-state index contributed by atoms with van der Waals surface area (Å²) in [4.78, 5) is 14.4. The molecule has 0 aliphatic carbocycles. The second-order valence-corrected chi connectivity index (χ2v) is 9.84. The van der Waals surface area contributed by atoms with E-state index in [1.165, 1.54) is 11.4 Å². The number of hydrogen-bond acceptors (Lipinski definition) is 6. The number of likely N-dealkylation sites (N-methyl/N-ethyl adjacent to an activating group) is 1. The van der Waals surface area contributed by atoms with Gasteiger partial charge in [0.25, 0.3) is 15.9 Å². The zero-order chi connectivity index (χ0) is 24.0. The normalized spacial score (nSPS) is 12.4. The average molecular weight is 472 g/mol. The van der Waals surface area contributed by atoms with Gasteiger partial charge in [0.15, 0.2) is 6.61 Å². The molecule has 9 heteroatoms. The average Bonchev–Trinajstić information content (AvgIpc) is 3.32. The highest BCUT2D eigenvalue weighted by atomic mass is 32.2. The minimum atomic E-state index is -3.67. The van der Waals surface area contributed by atoms with Crippen molar-refractivity contribution in [2.45, 2.75) is 17.9 Å². The van der Waals surface area contributed by atoms with E-state index in [9.17, 15) is 13.2 Å². The van der Waals surface area contributed by atoms with Crippen molar-refractivity contribution in [3.8, 4) is 5.75 Å². The highest BCUT2D eigenvalue weighted by molar-refractivity contribution is 7.92. The Bertz CT molecular complexity index is 1140. The monoisotopic (exact) mass is 471 g/mol. The van der Waals surface area contributed by atoms with Crippen LogP contribution >= 0.6 is 0 Å². The SMILES string of the molecule is Cc1ccc(S(=O)(=O)N(C)c2ccc(OCC(=O)NCC(c3ccco3)N(C)C)cc2)cc1. The molecule has 3 aromatic rings. The third-order valence-electron chi connectivity index (χ3n) is 5.24. The van der Waals surface area contributed by atoms with Crippen LogP contribution in [-0.4, -0.2) is 53.5 Å². The molecule has 0 bridgehead atoms. The van der Waals surface area contributed by atoms with Gasteiger partial charge in [-0.25, -0.2) is 8.42 Å². The van der Waals surface area contributed by atoms with Gasteiger partial charge in [-0.1, -0.05) is 17.7 Å². The topological polar surface area (TPSA) is 92.1 Å². The molecule has 0 fully saturated rings. The van der Waals surface area contributed by atoms with Crippen LogP contribution in [0.15, 0.2) is 76.2 Å². The number of aryl methyl sites for hydroxylation is 1. The number of nitrogens with zero attached hydrogens (tertiary/aromatic N) is 2. The summed E-state index contributed by atoms with van der Waals surface area (Å²) in [7, 11) is 1.65. The molecule has 0 aliphatic rings. The van der Waals surface area contributed by atoms with E-state index in [1.54, 1.807) is 54.8 Å². The van der Waals surface area contributed by atoms with Gasteiger partial charge in [-0.3, -0.25) is 14.0 Å². The van der Waals surface area contributed by atoms with Crippen molar-refractivity contribution in [1.82, 2.24) is 10.2 Å². The van der Waals surface area contributed by atoms with Crippen LogP contribution in [0.5, 0.6) is 5.75 Å². The Morgan fingerprint density at radius 1 is 1.03 bits per heavy atom. The number of hydrogen-bond donors (Lipinski definition) is 1. The van der Waals surface area contributed by atoms with E-state index in [2.05, 4.69) is 5.32 Å². The molecule has 176 valence electrons. The standard InChI is InChI=1S/C24H29N3O5S/c1-18-7-13-21(14-8-18)33(29,30)27(4)19-9-11-20(12-10-19)32-17-24(28)25-16-22(26(2)3)23-6-5-15-31-23/h5-15,22H,16-17H2,1-4H3,(H,25,28). The Balaban J connectivity index is 1.55. The summed E-state index contributed by atoms with van der Waals surface area (Å²) in [5.74, 6) is 0.961. The van der Waals surface area contributed by atoms with Gasteiger partial charge in [0.2, 0.25) is 0 Å². The number of benzene rings is 2. The number of rotatable bonds is 10. The predicted octanol–water partition coefficient (Wildman–Crippen LogP) is 3.21. The number of nitrogens with one attached hydrogen (secondary N) is 1. The molecule has 8 nitrogen and oxygen atoms in total. The maximum absolute atomic E-state index is 12.8. The highest BCUT2D eigenvalue weighted by Gasteiger charge is 2.21. The third kappa shape index (κ3) is 6.15. The van der Waals surface area contributed by atoms with E-state index in [0.717, 1.165) is 11.3 Å². The predicted molar refractivity (Wildman–Crippen MR) is 127 cm³/mol. The van der Waals surface area contributed by atoms with Gasteiger partial charge >= 0.3 is 0 Å². The lowest BCUT2D eigenvalue weighted by Gasteiger charge is -2.22. The quantitative estimate of drug-likeness (QED) is 0.488. The first-order valence-electron chi connectivity index (χ1n) is 10.4. The van der Waals surface area contributed by atoms with Crippen molar-refractivity contribution < 1.29 is 22.4 Å². The number of sulfonamides is 1. The third-order valence-corrected chi connectivity index (χ3v) is 7.04. The molecule has 0 saturated heterocycles. The Hall–Kier alpha value is -3.30. The van der Waals surface area contributed by atoms with E-state index in [1.807, 2.05) is 38.1 Å². The molecule has 0 spiro atoms. The zero-order valence-electron chi connectivity index (χ0n) is 19.2. The number of anilines is 1. The zero-order valence-corrected chi connectivity index (χ0v) is 20.0. The Morgan fingerprint density at radius 2 is 1.70 bits per heavy atom. The van der Waals surface area contributed by atoms with E-state index < -0.39 is 10.0 Å². The van der Waals surface area contributed by atoms with Crippen molar-refractivity contribution >= 4 is 21.6 Å². The molecule has 1 N–H and O–H groups in total. The number of furan rings is 1. The summed E-state index contributed by atoms with van der Waals surface area (Å²) in [6.45, 7) is 2.12. The lowest BCUT2D eigenvalue weighted by molar-refractivity contribution is -0.123. The van der Waals surface area contributed by atoms with Crippen LogP contribution < -0.4 is 14.4 Å². The van der Waals surface area contributed by atoms with Crippen molar-refractivity contribution in [2.24, 2.45) is 0 Å². The molecule has 0 saturated carbocycles. The second-order valence-electron chi connectivity index (χ2n) is 7.87. The van der Waals surface area contributed by atoms with Gasteiger partial charge in [-0.05, 0) is 69.6 Å². The lowest BCUT2D eigenvalue weighted by atomic mass is 10.2. The van der Waals surface area contributed by atoms with Gasteiger partial charge in [0, 0.05) is 13.6 Å². The van der Waals surface area contributed by atoms with Crippen molar-refractivity contribution in [1.29, 1.82) is 0 Å². The molecule has 1 atom stereocenters. The molecule has 3 rings (SSSR count). The summed E-state index contributed by atoms with van der Waals surface area (Å²) < 4.78 is 37.9. The van der Waals surface area contributed by atoms with Crippen LogP contribution in [0, 0.1) is 6.92 Å². The molecular weight excluding hydrogens is 442 g/mol. The van der Waals surface area contributed by atoms with E-state index in [0.29, 0.717) is 18.0 Å². The Kier molecular flexibility index (Phi) is 7.78. The van der Waals surface area contributed by atoms with Crippen LogP contribution in [0.3, 0.4) is 0 Å². The molecule has 1 aromatic heterocycles. The number of carbonyl (C=O) groups is 1. The molecule has 1 heterocycles. The second kappa shape index (κ2) is 10.5. The minimum Gasteiger partial charge on any atom is -0.484 e. The molecule has 1 amide bonds. The smallest absolute Gasteiger partial charge is 0.264 e. The van der Waals surface area contributed by atoms with E-state index in [-0.39, 0.29) is 23.5 Å². The maximum Gasteiger partial charge on any atom is 0.264 e. The van der Waals surface area contributed by atoms with Gasteiger partial charge in [-0.2, -0.15) is 0 Å². The van der Waals surface area contributed by atoms with Crippen molar-refractivity contribution in [3.63, 3.8) is 0 Å². The van der Waals surface area contributed by atoms with Gasteiger partial charge in [-0.15, -0.1) is 0 Å². The summed E-state index contributed by atoms with van der Waals surface area (Å²) in [6.07, 6.45) is 1.60. The first kappa shape index (κ1) is 24.3. The van der Waals surface area contributed by atoms with Gasteiger partial charge in [0.1, 0.15) is 11.5 Å². The van der Waals surface area contributed by atoms with E-state index >= 15 is 0 Å². The fourth-order valence-corrected chi connectivity index (χ4v) is 4.38. The summed E-state index contributed by atoms with van der Waals surface area (Å²) in [5.41, 5.74) is 1.47. The molecule has 33 heavy (non-hydrogen) atoms. The van der Waals surface area contributed by atoms with Crippen LogP contribution in [0.4, 0.5) is 5.69 Å². The fourth-order valence-electron chi connectivity index (χ4n) is 3.19. The highest BCUT2D eigenvalue weighted by Crippen LogP contribution is 2.24. The Labute approximate surface area is 194 Å². The van der Waals surface area contributed by atoms with Crippen LogP contribution in [0.1, 0.15) is 17.4 Å². The first-order valence-corrected chi connectivity index (χ1v) is 11.9. The lowest BCUT2D eigenvalue weighted by Crippen LogP contribution is -2.36. The molecular formula is C24H29N3O5S. The summed E-state index contributed by atoms with van der Waals surface area (Å²) in [5, 5.41) is 2.84. The maximum atomic E-state index is 12.8. The molecule has 2 aromatic carbocycles. The van der Waals surface area contributed by atoms with Gasteiger partial charge in [0.05, 0.1) is 22.9 Å². The minimum absolute atomic E-state index is 0.0887.